The van der Waals surface area contributed by atoms with E-state index in [1.54, 1.807) is 0 Å². The van der Waals surface area contributed by atoms with Gasteiger partial charge in [0.1, 0.15) is 79.4 Å². The smallest absolute Gasteiger partial charge is 0.335 e. The molecule has 0 aliphatic carbocycles. The monoisotopic (exact) mass is 922 g/mol. The van der Waals surface area contributed by atoms with Gasteiger partial charge < -0.3 is 118 Å². The van der Waals surface area contributed by atoms with Crippen molar-refractivity contribution in [2.24, 2.45) is 0 Å². The summed E-state index contributed by atoms with van der Waals surface area (Å²) in [6.07, 6.45) is -52.6. The van der Waals surface area contributed by atoms with Crippen molar-refractivity contribution in [3.05, 3.63) is 0 Å². The van der Waals surface area contributed by atoms with Crippen LogP contribution in [-0.2, 0) is 76.1 Å². The fourth-order valence-electron chi connectivity index (χ4n) is 7.42. The van der Waals surface area contributed by atoms with Gasteiger partial charge in [-0.15, -0.1) is 0 Å². The second-order valence-corrected chi connectivity index (χ2v) is 15.2. The molecular formula is C34H50O29. The second-order valence-electron chi connectivity index (χ2n) is 15.2. The van der Waals surface area contributed by atoms with Crippen molar-refractivity contribution in [1.29, 1.82) is 0 Å². The Kier molecular flexibility index (Phi) is 16.4. The van der Waals surface area contributed by atoms with E-state index < -0.39 is 183 Å². The number of aliphatic hydroxyl groups excluding tert-OH is 10. The van der Waals surface area contributed by atoms with Crippen molar-refractivity contribution in [2.45, 2.75) is 181 Å². The van der Waals surface area contributed by atoms with E-state index in [4.69, 9.17) is 52.1 Å². The standard InChI is InChI=1S/C34H50O29/c1-5-9(37)12(40)21(59-31-15(43)11(39)14(42)20(58-31)27(46)47)33(53-5)62-24-19(56-8(4)36)17(45)32(63-26(24)29(50)51)60-22-13(41)10(38)6(2)54-34(22)61-23-18(55-7(3)35)16(44)30(52)57-25(23)28(48)49/h5-6,9-26,30-34,37-45,52H,1-4H3,(H,46,47)(H,48,49)(H,50,51). The summed E-state index contributed by atoms with van der Waals surface area (Å²) in [7, 11) is 0. The third-order valence-corrected chi connectivity index (χ3v) is 10.7. The Morgan fingerprint density at radius 2 is 0.730 bits per heavy atom. The van der Waals surface area contributed by atoms with E-state index in [0.717, 1.165) is 13.8 Å². The number of carbonyl (C=O) groups is 5. The van der Waals surface area contributed by atoms with E-state index in [1.165, 1.54) is 13.8 Å². The lowest BCUT2D eigenvalue weighted by Gasteiger charge is -2.49. The van der Waals surface area contributed by atoms with Crippen molar-refractivity contribution in [3.8, 4) is 0 Å². The lowest BCUT2D eigenvalue weighted by molar-refractivity contribution is -0.396. The van der Waals surface area contributed by atoms with Gasteiger partial charge in [0.25, 0.3) is 0 Å². The lowest BCUT2D eigenvalue weighted by atomic mass is 9.95. The van der Waals surface area contributed by atoms with Gasteiger partial charge in [-0.05, 0) is 13.8 Å². The highest BCUT2D eigenvalue weighted by molar-refractivity contribution is 5.75. The van der Waals surface area contributed by atoms with Gasteiger partial charge in [0.15, 0.2) is 62.0 Å². The minimum Gasteiger partial charge on any atom is -0.479 e. The Balaban J connectivity index is 1.46. The minimum absolute atomic E-state index is 0.812. The van der Waals surface area contributed by atoms with Crippen LogP contribution in [0.4, 0.5) is 0 Å². The van der Waals surface area contributed by atoms with Crippen LogP contribution in [0.3, 0.4) is 0 Å². The van der Waals surface area contributed by atoms with Gasteiger partial charge in [0.2, 0.25) is 0 Å². The van der Waals surface area contributed by atoms with Gasteiger partial charge >= 0.3 is 29.8 Å². The predicted octanol–water partition coefficient (Wildman–Crippen LogP) is -8.45. The Bertz CT molecular complexity index is 1630. The van der Waals surface area contributed by atoms with E-state index in [9.17, 15) is 90.4 Å². The van der Waals surface area contributed by atoms with Crippen LogP contribution < -0.4 is 0 Å². The molecule has 0 aromatic heterocycles. The molecule has 5 aliphatic rings. The molecule has 13 N–H and O–H groups in total. The number of aliphatic carboxylic acids is 3. The highest BCUT2D eigenvalue weighted by Crippen LogP contribution is 2.37. The molecule has 0 saturated carbocycles. The first-order valence-electron chi connectivity index (χ1n) is 19.1. The fourth-order valence-corrected chi connectivity index (χ4v) is 7.42. The molecule has 0 spiro atoms. The average Bonchev–Trinajstić information content (AvgIpc) is 3.19. The van der Waals surface area contributed by atoms with E-state index in [1.807, 2.05) is 0 Å². The maximum absolute atomic E-state index is 12.8. The van der Waals surface area contributed by atoms with Crippen LogP contribution in [0.1, 0.15) is 27.7 Å². The molecule has 25 atom stereocenters. The van der Waals surface area contributed by atoms with E-state index in [-0.39, 0.29) is 0 Å². The molecular weight excluding hydrogens is 872 g/mol. The molecule has 25 unspecified atom stereocenters. The normalized spacial score (nSPS) is 48.1. The number of carboxylic acid groups (broad SMARTS) is 3. The van der Waals surface area contributed by atoms with Gasteiger partial charge in [-0.2, -0.15) is 0 Å². The Labute approximate surface area is 353 Å². The quantitative estimate of drug-likeness (QED) is 0.0763. The van der Waals surface area contributed by atoms with Crippen molar-refractivity contribution in [3.63, 3.8) is 0 Å². The van der Waals surface area contributed by atoms with Crippen LogP contribution in [0.15, 0.2) is 0 Å². The van der Waals surface area contributed by atoms with Crippen molar-refractivity contribution >= 4 is 29.8 Å². The van der Waals surface area contributed by atoms with E-state index in [0.29, 0.717) is 0 Å². The summed E-state index contributed by atoms with van der Waals surface area (Å²) in [5, 5.41) is 137. The number of hydrogen-bond acceptors (Lipinski definition) is 26. The third-order valence-electron chi connectivity index (χ3n) is 10.7. The van der Waals surface area contributed by atoms with Crippen LogP contribution in [0.2, 0.25) is 0 Å². The molecule has 29 nitrogen and oxygen atoms in total. The Morgan fingerprint density at radius 3 is 1.14 bits per heavy atom. The second kappa shape index (κ2) is 20.4. The summed E-state index contributed by atoms with van der Waals surface area (Å²) < 4.78 is 59.9. The van der Waals surface area contributed by atoms with Crippen LogP contribution in [0.25, 0.3) is 0 Å². The molecule has 5 aliphatic heterocycles. The topological polar surface area (TPSA) is 450 Å². The maximum Gasteiger partial charge on any atom is 0.335 e. The van der Waals surface area contributed by atoms with E-state index in [2.05, 4.69) is 0 Å². The molecule has 5 heterocycles. The van der Waals surface area contributed by atoms with Crippen molar-refractivity contribution < 1.29 is 142 Å². The fraction of sp³-hybridized carbons (Fsp3) is 0.853. The van der Waals surface area contributed by atoms with Crippen LogP contribution >= 0.6 is 0 Å². The van der Waals surface area contributed by atoms with Crippen molar-refractivity contribution in [2.75, 3.05) is 0 Å². The first kappa shape index (κ1) is 50.6. The third kappa shape index (κ3) is 10.7. The number of esters is 2. The van der Waals surface area contributed by atoms with Gasteiger partial charge in [0.05, 0.1) is 12.2 Å². The molecule has 63 heavy (non-hydrogen) atoms. The zero-order valence-corrected chi connectivity index (χ0v) is 33.3. The van der Waals surface area contributed by atoms with Gasteiger partial charge in [-0.25, -0.2) is 14.4 Å². The predicted molar refractivity (Wildman–Crippen MR) is 184 cm³/mol. The average molecular weight is 923 g/mol. The molecule has 0 radical (unpaired) electrons. The molecule has 0 aromatic carbocycles. The number of carbonyl (C=O) groups excluding carboxylic acids is 2. The first-order chi connectivity index (χ1) is 29.3. The lowest BCUT2D eigenvalue weighted by Crippen LogP contribution is -2.69. The van der Waals surface area contributed by atoms with Crippen molar-refractivity contribution in [1.82, 2.24) is 0 Å². The molecule has 29 heteroatoms. The number of ether oxygens (including phenoxy) is 11. The van der Waals surface area contributed by atoms with Crippen LogP contribution in [0, 0.1) is 0 Å². The largest absolute Gasteiger partial charge is 0.479 e. The molecule has 5 rings (SSSR count). The number of aliphatic hydroxyl groups is 10. The zero-order chi connectivity index (χ0) is 47.1. The summed E-state index contributed by atoms with van der Waals surface area (Å²) in [5.41, 5.74) is 0. The number of hydrogen-bond donors (Lipinski definition) is 13. The van der Waals surface area contributed by atoms with Crippen LogP contribution in [-0.4, -0.2) is 250 Å². The van der Waals surface area contributed by atoms with Gasteiger partial charge in [-0.1, -0.05) is 0 Å². The van der Waals surface area contributed by atoms with Crippen LogP contribution in [0.5, 0.6) is 0 Å². The summed E-state index contributed by atoms with van der Waals surface area (Å²) in [4.78, 5) is 61.1. The number of carboxylic acids is 3. The zero-order valence-electron chi connectivity index (χ0n) is 33.3. The summed E-state index contributed by atoms with van der Waals surface area (Å²) in [6, 6.07) is 0. The molecule has 5 fully saturated rings. The minimum atomic E-state index is -2.44. The molecule has 5 saturated heterocycles. The molecule has 0 amide bonds. The summed E-state index contributed by atoms with van der Waals surface area (Å²) >= 11 is 0. The Morgan fingerprint density at radius 1 is 0.365 bits per heavy atom. The number of rotatable bonds is 13. The molecule has 0 aromatic rings. The highest BCUT2D eigenvalue weighted by atomic mass is 16.8. The SMILES string of the molecule is CC(=O)OC1C(O)C(O)OC(C(=O)O)C1OC1OC(C)C(O)C(O)C1OC1OC(C(=O)O)C(OC2OC(C)C(O)C(O)C2OC2OC(C(=O)O)C(O)C(O)C2O)C(OC(C)=O)C1O. The molecule has 360 valence electrons. The maximum atomic E-state index is 12.8. The van der Waals surface area contributed by atoms with Gasteiger partial charge in [-0.3, -0.25) is 9.59 Å². The Hall–Kier alpha value is -3.41. The molecule has 0 bridgehead atoms. The summed E-state index contributed by atoms with van der Waals surface area (Å²) in [6.45, 7) is 4.08. The van der Waals surface area contributed by atoms with Gasteiger partial charge in [0, 0.05) is 13.8 Å². The first-order valence-corrected chi connectivity index (χ1v) is 19.1. The summed E-state index contributed by atoms with van der Waals surface area (Å²) in [5.74, 6) is -7.90. The van der Waals surface area contributed by atoms with E-state index >= 15 is 0 Å². The highest BCUT2D eigenvalue weighted by Gasteiger charge is 2.59.